The highest BCUT2D eigenvalue weighted by molar-refractivity contribution is 5.30. The zero-order chi connectivity index (χ0) is 13.8. The Morgan fingerprint density at radius 3 is 2.80 bits per heavy atom. The summed E-state index contributed by atoms with van der Waals surface area (Å²) in [6.07, 6.45) is 10.7. The lowest BCUT2D eigenvalue weighted by molar-refractivity contribution is 0.506. The molecule has 108 valence electrons. The van der Waals surface area contributed by atoms with Crippen molar-refractivity contribution in [2.45, 2.75) is 57.4 Å². The van der Waals surface area contributed by atoms with Gasteiger partial charge in [-0.3, -0.25) is 0 Å². The Bertz CT molecular complexity index is 448. The maximum atomic E-state index is 3.77. The number of rotatable bonds is 5. The van der Waals surface area contributed by atoms with Gasteiger partial charge in [-0.05, 0) is 56.0 Å². The first-order valence-electron chi connectivity index (χ1n) is 8.37. The average molecular weight is 269 g/mol. The van der Waals surface area contributed by atoms with Crippen LogP contribution in [0.3, 0.4) is 0 Å². The van der Waals surface area contributed by atoms with Crippen molar-refractivity contribution < 1.29 is 0 Å². The van der Waals surface area contributed by atoms with Gasteiger partial charge in [0, 0.05) is 6.04 Å². The first-order chi connectivity index (χ1) is 9.90. The van der Waals surface area contributed by atoms with Crippen LogP contribution in [0.25, 0.3) is 0 Å². The molecule has 2 aliphatic carbocycles. The average Bonchev–Trinajstić information content (AvgIpc) is 3.30. The smallest absolute Gasteiger partial charge is 0.0313 e. The molecule has 0 aliphatic heterocycles. The summed E-state index contributed by atoms with van der Waals surface area (Å²) in [5.74, 6) is 1.60. The first-order valence-corrected chi connectivity index (χ1v) is 8.37. The molecule has 1 aromatic carbocycles. The molecule has 3 unspecified atom stereocenters. The fraction of sp³-hybridized carbons (Fsp3) is 0.579. The summed E-state index contributed by atoms with van der Waals surface area (Å²) in [4.78, 5) is 0. The SMILES string of the molecule is CCNC(C1=CCCCCC1)C1CC1c1ccccc1. The zero-order valence-corrected chi connectivity index (χ0v) is 12.6. The molecule has 1 saturated carbocycles. The largest absolute Gasteiger partial charge is 0.310 e. The molecule has 0 spiro atoms. The minimum atomic E-state index is 0.628. The van der Waals surface area contributed by atoms with E-state index in [-0.39, 0.29) is 0 Å². The molecule has 2 aliphatic rings. The van der Waals surface area contributed by atoms with E-state index in [4.69, 9.17) is 0 Å². The Balaban J connectivity index is 1.71. The summed E-state index contributed by atoms with van der Waals surface area (Å²) in [5, 5.41) is 3.77. The third kappa shape index (κ3) is 3.15. The van der Waals surface area contributed by atoms with Crippen molar-refractivity contribution in [1.82, 2.24) is 5.32 Å². The van der Waals surface area contributed by atoms with Crippen molar-refractivity contribution in [1.29, 1.82) is 0 Å². The topological polar surface area (TPSA) is 12.0 Å². The lowest BCUT2D eigenvalue weighted by atomic mass is 9.95. The molecule has 1 aromatic rings. The Labute approximate surface area is 123 Å². The van der Waals surface area contributed by atoms with Crippen molar-refractivity contribution in [2.24, 2.45) is 5.92 Å². The molecular weight excluding hydrogens is 242 g/mol. The van der Waals surface area contributed by atoms with Crippen LogP contribution in [0.1, 0.15) is 56.9 Å². The highest BCUT2D eigenvalue weighted by Gasteiger charge is 2.44. The second-order valence-corrected chi connectivity index (χ2v) is 6.33. The molecule has 0 heterocycles. The molecule has 3 atom stereocenters. The summed E-state index contributed by atoms with van der Waals surface area (Å²) in [6, 6.07) is 11.7. The van der Waals surface area contributed by atoms with Crippen molar-refractivity contribution >= 4 is 0 Å². The van der Waals surface area contributed by atoms with Crippen LogP contribution in [0.2, 0.25) is 0 Å². The highest BCUT2D eigenvalue weighted by atomic mass is 14.9. The quantitative estimate of drug-likeness (QED) is 0.767. The predicted octanol–water partition coefficient (Wildman–Crippen LogP) is 4.66. The van der Waals surface area contributed by atoms with Gasteiger partial charge in [0.05, 0.1) is 0 Å². The number of nitrogens with one attached hydrogen (secondary N) is 1. The van der Waals surface area contributed by atoms with Crippen molar-refractivity contribution in [2.75, 3.05) is 6.54 Å². The van der Waals surface area contributed by atoms with Crippen LogP contribution >= 0.6 is 0 Å². The Hall–Kier alpha value is -1.08. The predicted molar refractivity (Wildman–Crippen MR) is 85.9 cm³/mol. The lowest BCUT2D eigenvalue weighted by Crippen LogP contribution is -2.33. The highest BCUT2D eigenvalue weighted by Crippen LogP contribution is 2.51. The van der Waals surface area contributed by atoms with Crippen LogP contribution in [0.5, 0.6) is 0 Å². The van der Waals surface area contributed by atoms with Gasteiger partial charge in [-0.1, -0.05) is 55.3 Å². The van der Waals surface area contributed by atoms with E-state index in [9.17, 15) is 0 Å². The Morgan fingerprint density at radius 1 is 1.15 bits per heavy atom. The van der Waals surface area contributed by atoms with E-state index in [2.05, 4.69) is 48.6 Å². The number of hydrogen-bond acceptors (Lipinski definition) is 1. The van der Waals surface area contributed by atoms with E-state index in [1.165, 1.54) is 44.1 Å². The molecule has 0 bridgehead atoms. The standard InChI is InChI=1S/C19H27N/c1-2-20-19(16-12-6-3-4-7-13-16)18-14-17(18)15-10-8-5-9-11-15/h5,8-12,17-20H,2-4,6-7,13-14H2,1H3. The van der Waals surface area contributed by atoms with Gasteiger partial charge in [0.1, 0.15) is 0 Å². The molecule has 1 nitrogen and oxygen atoms in total. The Kier molecular flexibility index (Phi) is 4.57. The van der Waals surface area contributed by atoms with Crippen LogP contribution in [0.4, 0.5) is 0 Å². The first kappa shape index (κ1) is 13.9. The van der Waals surface area contributed by atoms with Crippen LogP contribution in [0, 0.1) is 5.92 Å². The molecule has 3 rings (SSSR count). The van der Waals surface area contributed by atoms with Gasteiger partial charge in [-0.15, -0.1) is 0 Å². The van der Waals surface area contributed by atoms with Gasteiger partial charge in [-0.2, -0.15) is 0 Å². The second-order valence-electron chi connectivity index (χ2n) is 6.33. The molecule has 0 amide bonds. The molecule has 0 aromatic heterocycles. The third-order valence-corrected chi connectivity index (χ3v) is 4.90. The maximum Gasteiger partial charge on any atom is 0.0313 e. The van der Waals surface area contributed by atoms with E-state index < -0.39 is 0 Å². The van der Waals surface area contributed by atoms with Gasteiger partial charge in [-0.25, -0.2) is 0 Å². The minimum absolute atomic E-state index is 0.628. The number of benzene rings is 1. The minimum Gasteiger partial charge on any atom is -0.310 e. The summed E-state index contributed by atoms with van der Waals surface area (Å²) in [7, 11) is 0. The fourth-order valence-corrected chi connectivity index (χ4v) is 3.77. The van der Waals surface area contributed by atoms with E-state index >= 15 is 0 Å². The lowest BCUT2D eigenvalue weighted by Gasteiger charge is -2.21. The Morgan fingerprint density at radius 2 is 2.00 bits per heavy atom. The fourth-order valence-electron chi connectivity index (χ4n) is 3.77. The monoisotopic (exact) mass is 269 g/mol. The van der Waals surface area contributed by atoms with E-state index in [0.717, 1.165) is 18.4 Å². The third-order valence-electron chi connectivity index (χ3n) is 4.90. The van der Waals surface area contributed by atoms with E-state index in [0.29, 0.717) is 6.04 Å². The van der Waals surface area contributed by atoms with Crippen molar-refractivity contribution in [3.05, 3.63) is 47.5 Å². The van der Waals surface area contributed by atoms with Gasteiger partial charge in [0.25, 0.3) is 0 Å². The van der Waals surface area contributed by atoms with Crippen molar-refractivity contribution in [3.8, 4) is 0 Å². The van der Waals surface area contributed by atoms with Crippen LogP contribution < -0.4 is 5.32 Å². The van der Waals surface area contributed by atoms with E-state index in [1.807, 2.05) is 0 Å². The molecule has 20 heavy (non-hydrogen) atoms. The summed E-state index contributed by atoms with van der Waals surface area (Å²) >= 11 is 0. The maximum absolute atomic E-state index is 3.77. The molecule has 1 fully saturated rings. The molecule has 1 N–H and O–H groups in total. The van der Waals surface area contributed by atoms with Gasteiger partial charge >= 0.3 is 0 Å². The van der Waals surface area contributed by atoms with Gasteiger partial charge in [0.2, 0.25) is 0 Å². The summed E-state index contributed by atoms with van der Waals surface area (Å²) in [6.45, 7) is 3.32. The van der Waals surface area contributed by atoms with Crippen LogP contribution in [-0.4, -0.2) is 12.6 Å². The molecular formula is C19H27N. The van der Waals surface area contributed by atoms with Gasteiger partial charge < -0.3 is 5.32 Å². The summed E-state index contributed by atoms with van der Waals surface area (Å²) in [5.41, 5.74) is 3.24. The molecule has 0 radical (unpaired) electrons. The van der Waals surface area contributed by atoms with E-state index in [1.54, 1.807) is 5.57 Å². The number of allylic oxidation sites excluding steroid dienone is 1. The van der Waals surface area contributed by atoms with Crippen molar-refractivity contribution in [3.63, 3.8) is 0 Å². The van der Waals surface area contributed by atoms with Gasteiger partial charge in [0.15, 0.2) is 0 Å². The number of likely N-dealkylation sites (N-methyl/N-ethyl adjacent to an activating group) is 1. The van der Waals surface area contributed by atoms with Crippen LogP contribution in [0.15, 0.2) is 42.0 Å². The molecule has 0 saturated heterocycles. The second kappa shape index (κ2) is 6.58. The summed E-state index contributed by atoms with van der Waals surface area (Å²) < 4.78 is 0. The van der Waals surface area contributed by atoms with Crippen LogP contribution in [-0.2, 0) is 0 Å². The molecule has 1 heteroatoms. The number of hydrogen-bond donors (Lipinski definition) is 1. The zero-order valence-electron chi connectivity index (χ0n) is 12.6. The normalized spacial score (nSPS) is 27.6.